The van der Waals surface area contributed by atoms with E-state index in [0.29, 0.717) is 13.0 Å². The zero-order chi connectivity index (χ0) is 12.3. The average Bonchev–Trinajstić information content (AvgIpc) is 2.29. The van der Waals surface area contributed by atoms with Crippen LogP contribution in [0.2, 0.25) is 0 Å². The zero-order valence-corrected chi connectivity index (χ0v) is 9.56. The highest BCUT2D eigenvalue weighted by Crippen LogP contribution is 2.23. The summed E-state index contributed by atoms with van der Waals surface area (Å²) in [4.78, 5) is 10.2. The van der Waals surface area contributed by atoms with Gasteiger partial charge in [-0.2, -0.15) is 0 Å². The molecule has 1 aromatic carbocycles. The van der Waals surface area contributed by atoms with Gasteiger partial charge in [0, 0.05) is 25.1 Å². The molecule has 1 aromatic rings. The van der Waals surface area contributed by atoms with Crippen molar-refractivity contribution in [1.82, 2.24) is 5.32 Å². The number of rotatable bonds is 3. The Morgan fingerprint density at radius 2 is 2.35 bits per heavy atom. The van der Waals surface area contributed by atoms with Crippen molar-refractivity contribution in [2.45, 2.75) is 24.9 Å². The van der Waals surface area contributed by atoms with Crippen LogP contribution in [-0.4, -0.2) is 28.7 Å². The van der Waals surface area contributed by atoms with Gasteiger partial charge in [-0.25, -0.2) is 0 Å². The van der Waals surface area contributed by atoms with Crippen LogP contribution in [0.5, 0.6) is 0 Å². The van der Waals surface area contributed by atoms with Gasteiger partial charge in [-0.15, -0.1) is 0 Å². The van der Waals surface area contributed by atoms with E-state index in [1.54, 1.807) is 6.07 Å². The largest absolute Gasteiger partial charge is 0.388 e. The second-order valence-electron chi connectivity index (χ2n) is 4.61. The number of nitrogens with zero attached hydrogens (tertiary/aromatic N) is 1. The lowest BCUT2D eigenvalue weighted by molar-refractivity contribution is -0.384. The predicted molar refractivity (Wildman–Crippen MR) is 63.9 cm³/mol. The van der Waals surface area contributed by atoms with Crippen molar-refractivity contribution < 1.29 is 10.0 Å². The molecule has 17 heavy (non-hydrogen) atoms. The first-order valence-corrected chi connectivity index (χ1v) is 5.76. The van der Waals surface area contributed by atoms with Crippen molar-refractivity contribution in [3.8, 4) is 0 Å². The Bertz CT molecular complexity index is 414. The summed E-state index contributed by atoms with van der Waals surface area (Å²) in [5.41, 5.74) is 0.119. The lowest BCUT2D eigenvalue weighted by atomic mass is 9.87. The molecule has 1 unspecified atom stereocenters. The Labute approximate surface area is 99.6 Å². The number of benzene rings is 1. The summed E-state index contributed by atoms with van der Waals surface area (Å²) >= 11 is 0. The van der Waals surface area contributed by atoms with Crippen LogP contribution < -0.4 is 5.32 Å². The molecule has 1 atom stereocenters. The minimum atomic E-state index is -0.770. The smallest absolute Gasteiger partial charge is 0.269 e. The summed E-state index contributed by atoms with van der Waals surface area (Å²) in [7, 11) is 0. The van der Waals surface area contributed by atoms with Crippen LogP contribution >= 0.6 is 0 Å². The number of aliphatic hydroxyl groups is 1. The maximum atomic E-state index is 10.7. The maximum Gasteiger partial charge on any atom is 0.269 e. The van der Waals surface area contributed by atoms with Gasteiger partial charge in [0.2, 0.25) is 0 Å². The van der Waals surface area contributed by atoms with E-state index in [1.807, 2.05) is 6.07 Å². The average molecular weight is 236 g/mol. The Kier molecular flexibility index (Phi) is 3.40. The number of hydrogen-bond donors (Lipinski definition) is 2. The van der Waals surface area contributed by atoms with Crippen LogP contribution in [0.4, 0.5) is 5.69 Å². The van der Waals surface area contributed by atoms with Crippen molar-refractivity contribution in [3.63, 3.8) is 0 Å². The predicted octanol–water partition coefficient (Wildman–Crippen LogP) is 1.25. The van der Waals surface area contributed by atoms with Crippen LogP contribution in [0.1, 0.15) is 18.4 Å². The highest BCUT2D eigenvalue weighted by molar-refractivity contribution is 5.35. The van der Waals surface area contributed by atoms with Gasteiger partial charge < -0.3 is 10.4 Å². The molecule has 5 heteroatoms. The highest BCUT2D eigenvalue weighted by Gasteiger charge is 2.29. The molecule has 1 fully saturated rings. The Morgan fingerprint density at radius 3 is 3.00 bits per heavy atom. The van der Waals surface area contributed by atoms with Crippen LogP contribution in [-0.2, 0) is 6.42 Å². The molecular weight excluding hydrogens is 220 g/mol. The third-order valence-electron chi connectivity index (χ3n) is 3.10. The summed E-state index contributed by atoms with van der Waals surface area (Å²) in [6, 6.07) is 6.48. The normalized spacial score (nSPS) is 24.5. The fourth-order valence-corrected chi connectivity index (χ4v) is 2.26. The summed E-state index contributed by atoms with van der Waals surface area (Å²) in [5.74, 6) is 0. The van der Waals surface area contributed by atoms with Crippen molar-refractivity contribution in [2.75, 3.05) is 13.1 Å². The van der Waals surface area contributed by atoms with Gasteiger partial charge in [0.25, 0.3) is 5.69 Å². The van der Waals surface area contributed by atoms with E-state index in [1.165, 1.54) is 12.1 Å². The first-order chi connectivity index (χ1) is 8.09. The van der Waals surface area contributed by atoms with E-state index < -0.39 is 10.5 Å². The van der Waals surface area contributed by atoms with E-state index in [-0.39, 0.29) is 5.69 Å². The van der Waals surface area contributed by atoms with Crippen molar-refractivity contribution in [2.24, 2.45) is 0 Å². The van der Waals surface area contributed by atoms with Gasteiger partial charge in [0.15, 0.2) is 0 Å². The molecule has 0 spiro atoms. The summed E-state index contributed by atoms with van der Waals surface area (Å²) < 4.78 is 0. The molecule has 1 saturated heterocycles. The number of piperidine rings is 1. The Morgan fingerprint density at radius 1 is 1.53 bits per heavy atom. The summed E-state index contributed by atoms with van der Waals surface area (Å²) in [6.07, 6.45) is 2.13. The van der Waals surface area contributed by atoms with E-state index in [2.05, 4.69) is 5.32 Å². The number of β-amino-alcohol motifs (C(OH)–C–C–N with tert-alkyl or cyclic N) is 1. The third-order valence-corrected chi connectivity index (χ3v) is 3.10. The number of hydrogen-bond acceptors (Lipinski definition) is 4. The lowest BCUT2D eigenvalue weighted by Crippen LogP contribution is -2.47. The lowest BCUT2D eigenvalue weighted by Gasteiger charge is -2.32. The summed E-state index contributed by atoms with van der Waals surface area (Å²) in [6.45, 7) is 1.48. The molecule has 0 radical (unpaired) electrons. The molecule has 0 aliphatic carbocycles. The maximum absolute atomic E-state index is 10.7. The molecule has 1 aliphatic heterocycles. The molecule has 0 amide bonds. The first-order valence-electron chi connectivity index (χ1n) is 5.76. The molecule has 1 aliphatic rings. The topological polar surface area (TPSA) is 75.4 Å². The van der Waals surface area contributed by atoms with E-state index in [9.17, 15) is 15.2 Å². The van der Waals surface area contributed by atoms with Crippen LogP contribution in [0.25, 0.3) is 0 Å². The number of nitro benzene ring substituents is 1. The van der Waals surface area contributed by atoms with Crippen molar-refractivity contribution in [3.05, 3.63) is 39.9 Å². The molecule has 0 saturated carbocycles. The number of nitro groups is 1. The Balaban J connectivity index is 2.12. The van der Waals surface area contributed by atoms with E-state index in [4.69, 9.17) is 0 Å². The SMILES string of the molecule is O=[N+]([O-])c1cccc(CC2(O)CCCNC2)c1. The van der Waals surface area contributed by atoms with E-state index >= 15 is 0 Å². The van der Waals surface area contributed by atoms with Gasteiger partial charge in [-0.05, 0) is 24.9 Å². The third kappa shape index (κ3) is 3.01. The van der Waals surface area contributed by atoms with Crippen molar-refractivity contribution >= 4 is 5.69 Å². The van der Waals surface area contributed by atoms with Crippen LogP contribution in [0.3, 0.4) is 0 Å². The fourth-order valence-electron chi connectivity index (χ4n) is 2.26. The second-order valence-corrected chi connectivity index (χ2v) is 4.61. The van der Waals surface area contributed by atoms with Gasteiger partial charge in [0.1, 0.15) is 0 Å². The van der Waals surface area contributed by atoms with Crippen LogP contribution in [0, 0.1) is 10.1 Å². The monoisotopic (exact) mass is 236 g/mol. The molecule has 92 valence electrons. The second kappa shape index (κ2) is 4.81. The molecule has 2 N–H and O–H groups in total. The Hall–Kier alpha value is -1.46. The number of nitrogens with one attached hydrogen (secondary N) is 1. The molecule has 1 heterocycles. The molecule has 5 nitrogen and oxygen atoms in total. The van der Waals surface area contributed by atoms with Gasteiger partial charge in [-0.3, -0.25) is 10.1 Å². The van der Waals surface area contributed by atoms with Gasteiger partial charge in [-0.1, -0.05) is 12.1 Å². The summed E-state index contributed by atoms with van der Waals surface area (Å²) in [5, 5.41) is 24.1. The molecule has 0 aromatic heterocycles. The first kappa shape index (κ1) is 12.0. The van der Waals surface area contributed by atoms with E-state index in [0.717, 1.165) is 24.9 Å². The van der Waals surface area contributed by atoms with Gasteiger partial charge >= 0.3 is 0 Å². The molecule has 0 bridgehead atoms. The standard InChI is InChI=1S/C12H16N2O3/c15-12(5-2-6-13-9-12)8-10-3-1-4-11(7-10)14(16)17/h1,3-4,7,13,15H,2,5-6,8-9H2. The quantitative estimate of drug-likeness (QED) is 0.611. The number of non-ortho nitro benzene ring substituents is 1. The minimum absolute atomic E-state index is 0.0786. The molecular formula is C12H16N2O3. The fraction of sp³-hybridized carbons (Fsp3) is 0.500. The van der Waals surface area contributed by atoms with Crippen LogP contribution in [0.15, 0.2) is 24.3 Å². The zero-order valence-electron chi connectivity index (χ0n) is 9.56. The minimum Gasteiger partial charge on any atom is -0.388 e. The van der Waals surface area contributed by atoms with Gasteiger partial charge in [0.05, 0.1) is 10.5 Å². The highest BCUT2D eigenvalue weighted by atomic mass is 16.6. The van der Waals surface area contributed by atoms with Crippen molar-refractivity contribution in [1.29, 1.82) is 0 Å². The molecule has 2 rings (SSSR count).